The fourth-order valence-corrected chi connectivity index (χ4v) is 4.67. The number of hydrogen-bond acceptors (Lipinski definition) is 5. The molecule has 3 N–H and O–H groups in total. The second kappa shape index (κ2) is 9.49. The standard InChI is InChI=1S/C22H26N4O5S/c1-14-13-18(8-11-20(14)26-12-4-5-21(26)28)24-22(29)15(2)25-32(30,31)19-9-6-17(7-10-19)23-16(3)27/h6-11,13,15,25H,4-5,12H2,1-3H3,(H,23,27)(H,24,29)/t15-/m0/s1. The van der Waals surface area contributed by atoms with Crippen molar-refractivity contribution in [1.29, 1.82) is 0 Å². The van der Waals surface area contributed by atoms with Crippen molar-refractivity contribution < 1.29 is 22.8 Å². The predicted octanol–water partition coefficient (Wildman–Crippen LogP) is 2.39. The van der Waals surface area contributed by atoms with E-state index in [1.807, 2.05) is 6.92 Å². The number of anilines is 3. The Morgan fingerprint density at radius 3 is 2.25 bits per heavy atom. The Morgan fingerprint density at radius 1 is 1.03 bits per heavy atom. The van der Waals surface area contributed by atoms with Gasteiger partial charge in [-0.25, -0.2) is 8.42 Å². The molecule has 1 fully saturated rings. The highest BCUT2D eigenvalue weighted by Gasteiger charge is 2.24. The first-order valence-electron chi connectivity index (χ1n) is 10.2. The molecule has 0 aromatic heterocycles. The van der Waals surface area contributed by atoms with Crippen molar-refractivity contribution in [2.45, 2.75) is 44.6 Å². The molecular formula is C22H26N4O5S. The maximum absolute atomic E-state index is 12.6. The van der Waals surface area contributed by atoms with E-state index in [0.717, 1.165) is 17.7 Å². The normalized spacial score (nSPS) is 14.8. The molecule has 3 rings (SSSR count). The van der Waals surface area contributed by atoms with E-state index in [9.17, 15) is 22.8 Å². The first-order valence-corrected chi connectivity index (χ1v) is 11.7. The molecule has 0 aliphatic carbocycles. The quantitative estimate of drug-likeness (QED) is 0.588. The third-order valence-electron chi connectivity index (χ3n) is 5.04. The second-order valence-electron chi connectivity index (χ2n) is 7.69. The fourth-order valence-electron chi connectivity index (χ4n) is 3.46. The molecule has 10 heteroatoms. The molecule has 0 bridgehead atoms. The lowest BCUT2D eigenvalue weighted by Gasteiger charge is -2.20. The van der Waals surface area contributed by atoms with Gasteiger partial charge < -0.3 is 15.5 Å². The number of rotatable bonds is 7. The van der Waals surface area contributed by atoms with Crippen molar-refractivity contribution in [3.05, 3.63) is 48.0 Å². The van der Waals surface area contributed by atoms with Crippen LogP contribution in [-0.4, -0.2) is 38.7 Å². The number of benzene rings is 2. The SMILES string of the molecule is CC(=O)Nc1ccc(S(=O)(=O)N[C@@H](C)C(=O)Nc2ccc(N3CCCC3=O)c(C)c2)cc1. The summed E-state index contributed by atoms with van der Waals surface area (Å²) in [7, 11) is -3.94. The molecule has 1 heterocycles. The van der Waals surface area contributed by atoms with Crippen LogP contribution in [0.4, 0.5) is 17.1 Å². The van der Waals surface area contributed by atoms with Crippen LogP contribution in [0.3, 0.4) is 0 Å². The lowest BCUT2D eigenvalue weighted by atomic mass is 10.1. The molecule has 1 aliphatic heterocycles. The number of hydrogen-bond donors (Lipinski definition) is 3. The molecule has 32 heavy (non-hydrogen) atoms. The smallest absolute Gasteiger partial charge is 0.242 e. The number of nitrogens with zero attached hydrogens (tertiary/aromatic N) is 1. The molecule has 0 radical (unpaired) electrons. The third kappa shape index (κ3) is 5.51. The summed E-state index contributed by atoms with van der Waals surface area (Å²) in [6, 6.07) is 9.82. The van der Waals surface area contributed by atoms with Crippen molar-refractivity contribution >= 4 is 44.8 Å². The summed E-state index contributed by atoms with van der Waals surface area (Å²) in [6.07, 6.45) is 1.36. The molecule has 9 nitrogen and oxygen atoms in total. The topological polar surface area (TPSA) is 125 Å². The minimum Gasteiger partial charge on any atom is -0.326 e. The van der Waals surface area contributed by atoms with Crippen LogP contribution in [0, 0.1) is 6.92 Å². The Morgan fingerprint density at radius 2 is 1.69 bits per heavy atom. The minimum atomic E-state index is -3.94. The van der Waals surface area contributed by atoms with Gasteiger partial charge in [0.1, 0.15) is 0 Å². The van der Waals surface area contributed by atoms with Gasteiger partial charge in [-0.05, 0) is 68.3 Å². The molecule has 0 saturated carbocycles. The number of carbonyl (C=O) groups is 3. The van der Waals surface area contributed by atoms with Crippen LogP contribution < -0.4 is 20.3 Å². The molecular weight excluding hydrogens is 432 g/mol. The van der Waals surface area contributed by atoms with Crippen molar-refractivity contribution in [2.24, 2.45) is 0 Å². The van der Waals surface area contributed by atoms with Crippen LogP contribution in [0.1, 0.15) is 32.3 Å². The highest BCUT2D eigenvalue weighted by molar-refractivity contribution is 7.89. The number of sulfonamides is 1. The molecule has 2 aromatic rings. The molecule has 0 spiro atoms. The number of nitrogens with one attached hydrogen (secondary N) is 3. The van der Waals surface area contributed by atoms with E-state index < -0.39 is 22.0 Å². The van der Waals surface area contributed by atoms with Crippen molar-refractivity contribution in [2.75, 3.05) is 22.1 Å². The number of aryl methyl sites for hydroxylation is 1. The van der Waals surface area contributed by atoms with Gasteiger partial charge in [0, 0.05) is 37.0 Å². The lowest BCUT2D eigenvalue weighted by molar-refractivity contribution is -0.118. The summed E-state index contributed by atoms with van der Waals surface area (Å²) in [5.41, 5.74) is 2.62. The zero-order valence-corrected chi connectivity index (χ0v) is 19.0. The van der Waals surface area contributed by atoms with E-state index in [-0.39, 0.29) is 16.7 Å². The Kier molecular flexibility index (Phi) is 6.95. The Labute approximate surface area is 187 Å². The number of carbonyl (C=O) groups excluding carboxylic acids is 3. The number of amides is 3. The molecule has 1 atom stereocenters. The zero-order chi connectivity index (χ0) is 23.5. The van der Waals surface area contributed by atoms with Crippen LogP contribution in [0.25, 0.3) is 0 Å². The molecule has 3 amide bonds. The van der Waals surface area contributed by atoms with Crippen LogP contribution in [0.2, 0.25) is 0 Å². The van der Waals surface area contributed by atoms with E-state index in [0.29, 0.717) is 24.3 Å². The highest BCUT2D eigenvalue weighted by Crippen LogP contribution is 2.27. The van der Waals surface area contributed by atoms with Gasteiger partial charge >= 0.3 is 0 Å². The van der Waals surface area contributed by atoms with E-state index in [2.05, 4.69) is 15.4 Å². The molecule has 0 unspecified atom stereocenters. The maximum Gasteiger partial charge on any atom is 0.242 e. The van der Waals surface area contributed by atoms with Crippen molar-refractivity contribution in [3.8, 4) is 0 Å². The average molecular weight is 459 g/mol. The minimum absolute atomic E-state index is 0.0262. The van der Waals surface area contributed by atoms with E-state index >= 15 is 0 Å². The van der Waals surface area contributed by atoms with Crippen LogP contribution in [0.5, 0.6) is 0 Å². The van der Waals surface area contributed by atoms with Gasteiger partial charge in [-0.2, -0.15) is 4.72 Å². The predicted molar refractivity (Wildman–Crippen MR) is 122 cm³/mol. The van der Waals surface area contributed by atoms with E-state index in [4.69, 9.17) is 0 Å². The van der Waals surface area contributed by atoms with Gasteiger partial charge in [-0.3, -0.25) is 14.4 Å². The fraction of sp³-hybridized carbons (Fsp3) is 0.318. The molecule has 1 saturated heterocycles. The summed E-state index contributed by atoms with van der Waals surface area (Å²) >= 11 is 0. The van der Waals surface area contributed by atoms with Gasteiger partial charge in [-0.1, -0.05) is 0 Å². The van der Waals surface area contributed by atoms with Gasteiger partial charge in [-0.15, -0.1) is 0 Å². The average Bonchev–Trinajstić information content (AvgIpc) is 3.13. The largest absolute Gasteiger partial charge is 0.326 e. The van der Waals surface area contributed by atoms with Gasteiger partial charge in [0.05, 0.1) is 10.9 Å². The monoisotopic (exact) mass is 458 g/mol. The first-order chi connectivity index (χ1) is 15.1. The third-order valence-corrected chi connectivity index (χ3v) is 6.60. The van der Waals surface area contributed by atoms with Gasteiger partial charge in [0.25, 0.3) is 0 Å². The van der Waals surface area contributed by atoms with Crippen molar-refractivity contribution in [3.63, 3.8) is 0 Å². The van der Waals surface area contributed by atoms with Gasteiger partial charge in [0.2, 0.25) is 27.7 Å². The summed E-state index contributed by atoms with van der Waals surface area (Å²) in [5, 5.41) is 5.26. The van der Waals surface area contributed by atoms with Gasteiger partial charge in [0.15, 0.2) is 0 Å². The Hall–Kier alpha value is -3.24. The van der Waals surface area contributed by atoms with E-state index in [1.54, 1.807) is 23.1 Å². The second-order valence-corrected chi connectivity index (χ2v) is 9.40. The maximum atomic E-state index is 12.6. The summed E-state index contributed by atoms with van der Waals surface area (Å²) in [6.45, 7) is 5.33. The van der Waals surface area contributed by atoms with Crippen LogP contribution >= 0.6 is 0 Å². The summed E-state index contributed by atoms with van der Waals surface area (Å²) < 4.78 is 27.5. The van der Waals surface area contributed by atoms with Crippen LogP contribution in [0.15, 0.2) is 47.4 Å². The van der Waals surface area contributed by atoms with Crippen molar-refractivity contribution in [1.82, 2.24) is 4.72 Å². The highest BCUT2D eigenvalue weighted by atomic mass is 32.2. The van der Waals surface area contributed by atoms with E-state index in [1.165, 1.54) is 38.1 Å². The molecule has 1 aliphatic rings. The Balaban J connectivity index is 1.64. The zero-order valence-electron chi connectivity index (χ0n) is 18.1. The van der Waals surface area contributed by atoms with Crippen LogP contribution in [-0.2, 0) is 24.4 Å². The first kappa shape index (κ1) is 23.4. The summed E-state index contributed by atoms with van der Waals surface area (Å²) in [5.74, 6) is -0.704. The lowest BCUT2D eigenvalue weighted by Crippen LogP contribution is -2.41. The Bertz CT molecular complexity index is 1150. The summed E-state index contributed by atoms with van der Waals surface area (Å²) in [4.78, 5) is 37.3. The molecule has 170 valence electrons. The molecule has 2 aromatic carbocycles.